The van der Waals surface area contributed by atoms with Crippen molar-refractivity contribution in [1.29, 1.82) is 5.26 Å². The van der Waals surface area contributed by atoms with Crippen molar-refractivity contribution in [3.05, 3.63) is 23.8 Å². The summed E-state index contributed by atoms with van der Waals surface area (Å²) in [7, 11) is 2.07. The van der Waals surface area contributed by atoms with Crippen LogP contribution in [0.1, 0.15) is 31.2 Å². The highest BCUT2D eigenvalue weighted by Crippen LogP contribution is 2.31. The van der Waals surface area contributed by atoms with Gasteiger partial charge in [-0.25, -0.2) is 0 Å². The van der Waals surface area contributed by atoms with Crippen LogP contribution in [0.3, 0.4) is 0 Å². The average Bonchev–Trinajstić information content (AvgIpc) is 2.82. The van der Waals surface area contributed by atoms with Crippen LogP contribution in [-0.2, 0) is 0 Å². The molecular weight excluding hydrogens is 198 g/mol. The molecule has 1 fully saturated rings. The zero-order chi connectivity index (χ0) is 11.5. The molecule has 3 nitrogen and oxygen atoms in total. The predicted octanol–water partition coefficient (Wildman–Crippen LogP) is 2.52. The van der Waals surface area contributed by atoms with E-state index in [1.165, 1.54) is 25.7 Å². The van der Waals surface area contributed by atoms with Crippen molar-refractivity contribution in [1.82, 2.24) is 0 Å². The van der Waals surface area contributed by atoms with E-state index in [4.69, 9.17) is 11.0 Å². The second-order valence-electron chi connectivity index (χ2n) is 4.40. The lowest BCUT2D eigenvalue weighted by molar-refractivity contribution is 0.654. The molecular formula is C13H17N3. The van der Waals surface area contributed by atoms with Crippen LogP contribution in [0.15, 0.2) is 18.2 Å². The number of hydrogen-bond acceptors (Lipinski definition) is 3. The van der Waals surface area contributed by atoms with Gasteiger partial charge < -0.3 is 10.6 Å². The number of hydrogen-bond donors (Lipinski definition) is 1. The number of rotatable bonds is 2. The van der Waals surface area contributed by atoms with Crippen LogP contribution in [0.4, 0.5) is 11.4 Å². The number of nitrogens with zero attached hydrogens (tertiary/aromatic N) is 2. The molecule has 2 N–H and O–H groups in total. The Labute approximate surface area is 96.5 Å². The van der Waals surface area contributed by atoms with E-state index in [-0.39, 0.29) is 0 Å². The highest BCUT2D eigenvalue weighted by Gasteiger charge is 2.21. The van der Waals surface area contributed by atoms with Gasteiger partial charge in [0, 0.05) is 13.1 Å². The summed E-state index contributed by atoms with van der Waals surface area (Å²) in [5, 5.41) is 8.94. The summed E-state index contributed by atoms with van der Waals surface area (Å²) in [5.41, 5.74) is 8.17. The zero-order valence-corrected chi connectivity index (χ0v) is 9.61. The Morgan fingerprint density at radius 3 is 2.69 bits per heavy atom. The van der Waals surface area contributed by atoms with E-state index in [9.17, 15) is 0 Å². The summed E-state index contributed by atoms with van der Waals surface area (Å²) >= 11 is 0. The number of anilines is 2. The maximum Gasteiger partial charge on any atom is 0.101 e. The third kappa shape index (κ3) is 1.83. The van der Waals surface area contributed by atoms with Crippen molar-refractivity contribution in [3.8, 4) is 6.07 Å². The van der Waals surface area contributed by atoms with Crippen molar-refractivity contribution in [2.45, 2.75) is 31.7 Å². The van der Waals surface area contributed by atoms with Crippen molar-refractivity contribution >= 4 is 11.4 Å². The standard InChI is InChI=1S/C13H17N3/c1-16(11-6-2-3-7-11)12-8-4-5-10(9-14)13(12)15/h4-5,8,11H,2-3,6-7,15H2,1H3. The van der Waals surface area contributed by atoms with Gasteiger partial charge in [-0.05, 0) is 25.0 Å². The number of para-hydroxylation sites is 1. The first-order chi connectivity index (χ1) is 7.74. The van der Waals surface area contributed by atoms with Crippen LogP contribution in [0.2, 0.25) is 0 Å². The fourth-order valence-corrected chi connectivity index (χ4v) is 2.45. The van der Waals surface area contributed by atoms with Crippen molar-refractivity contribution < 1.29 is 0 Å². The van der Waals surface area contributed by atoms with E-state index in [0.717, 1.165) is 5.69 Å². The number of nitrogens with two attached hydrogens (primary N) is 1. The fraction of sp³-hybridized carbons (Fsp3) is 0.462. The first-order valence-corrected chi connectivity index (χ1v) is 5.75. The minimum Gasteiger partial charge on any atom is -0.396 e. The predicted molar refractivity (Wildman–Crippen MR) is 66.2 cm³/mol. The van der Waals surface area contributed by atoms with Crippen LogP contribution in [0.5, 0.6) is 0 Å². The van der Waals surface area contributed by atoms with Gasteiger partial charge in [0.15, 0.2) is 0 Å². The minimum absolute atomic E-state index is 0.572. The first kappa shape index (κ1) is 10.8. The van der Waals surface area contributed by atoms with Crippen LogP contribution >= 0.6 is 0 Å². The summed E-state index contributed by atoms with van der Waals surface area (Å²) in [6.45, 7) is 0. The molecule has 0 unspecified atom stereocenters. The van der Waals surface area contributed by atoms with E-state index in [1.54, 1.807) is 6.07 Å². The highest BCUT2D eigenvalue weighted by molar-refractivity contribution is 5.74. The molecule has 0 aliphatic heterocycles. The smallest absolute Gasteiger partial charge is 0.101 e. The second-order valence-corrected chi connectivity index (χ2v) is 4.40. The molecule has 3 heteroatoms. The maximum absolute atomic E-state index is 8.94. The Hall–Kier alpha value is -1.69. The second kappa shape index (κ2) is 4.44. The quantitative estimate of drug-likeness (QED) is 0.771. The normalized spacial score (nSPS) is 16.0. The van der Waals surface area contributed by atoms with Gasteiger partial charge in [-0.15, -0.1) is 0 Å². The number of nitriles is 1. The van der Waals surface area contributed by atoms with Gasteiger partial charge in [-0.1, -0.05) is 18.9 Å². The molecule has 1 aliphatic carbocycles. The Bertz CT molecular complexity index is 414. The van der Waals surface area contributed by atoms with Gasteiger partial charge in [0.1, 0.15) is 6.07 Å². The minimum atomic E-state index is 0.572. The fourth-order valence-electron chi connectivity index (χ4n) is 2.45. The Kier molecular flexibility index (Phi) is 3.00. The van der Waals surface area contributed by atoms with Crippen LogP contribution in [-0.4, -0.2) is 13.1 Å². The summed E-state index contributed by atoms with van der Waals surface area (Å²) in [5.74, 6) is 0. The van der Waals surface area contributed by atoms with E-state index in [0.29, 0.717) is 17.3 Å². The Balaban J connectivity index is 2.29. The maximum atomic E-state index is 8.94. The largest absolute Gasteiger partial charge is 0.396 e. The molecule has 84 valence electrons. The third-order valence-corrected chi connectivity index (χ3v) is 3.46. The molecule has 0 spiro atoms. The number of benzene rings is 1. The molecule has 1 aliphatic rings. The van der Waals surface area contributed by atoms with E-state index in [1.807, 2.05) is 12.1 Å². The van der Waals surface area contributed by atoms with E-state index < -0.39 is 0 Å². The molecule has 2 rings (SSSR count). The molecule has 0 radical (unpaired) electrons. The Morgan fingerprint density at radius 2 is 2.06 bits per heavy atom. The SMILES string of the molecule is CN(c1cccc(C#N)c1N)C1CCCC1. The molecule has 0 saturated heterocycles. The van der Waals surface area contributed by atoms with Crippen LogP contribution < -0.4 is 10.6 Å². The van der Waals surface area contributed by atoms with Gasteiger partial charge in [-0.3, -0.25) is 0 Å². The van der Waals surface area contributed by atoms with Gasteiger partial charge in [0.2, 0.25) is 0 Å². The third-order valence-electron chi connectivity index (χ3n) is 3.46. The highest BCUT2D eigenvalue weighted by atomic mass is 15.1. The molecule has 0 heterocycles. The summed E-state index contributed by atoms with van der Waals surface area (Å²) < 4.78 is 0. The number of nitrogen functional groups attached to an aromatic ring is 1. The molecule has 0 bridgehead atoms. The molecule has 0 aromatic heterocycles. The summed E-state index contributed by atoms with van der Waals surface area (Å²) in [6, 6.07) is 8.37. The van der Waals surface area contributed by atoms with Gasteiger partial charge in [0.05, 0.1) is 16.9 Å². The molecule has 0 amide bonds. The Morgan fingerprint density at radius 1 is 1.38 bits per heavy atom. The lowest BCUT2D eigenvalue weighted by Gasteiger charge is -2.27. The van der Waals surface area contributed by atoms with Crippen molar-refractivity contribution in [2.75, 3.05) is 17.7 Å². The lowest BCUT2D eigenvalue weighted by Crippen LogP contribution is -2.29. The zero-order valence-electron chi connectivity index (χ0n) is 9.61. The first-order valence-electron chi connectivity index (χ1n) is 5.75. The molecule has 1 aromatic rings. The summed E-state index contributed by atoms with van der Waals surface area (Å²) in [4.78, 5) is 2.23. The molecule has 1 aromatic carbocycles. The average molecular weight is 215 g/mol. The molecule has 16 heavy (non-hydrogen) atoms. The van der Waals surface area contributed by atoms with Gasteiger partial charge >= 0.3 is 0 Å². The van der Waals surface area contributed by atoms with Crippen molar-refractivity contribution in [2.24, 2.45) is 0 Å². The van der Waals surface area contributed by atoms with Gasteiger partial charge in [0.25, 0.3) is 0 Å². The van der Waals surface area contributed by atoms with Gasteiger partial charge in [-0.2, -0.15) is 5.26 Å². The topological polar surface area (TPSA) is 53.0 Å². The lowest BCUT2D eigenvalue weighted by atomic mass is 10.1. The van der Waals surface area contributed by atoms with Crippen LogP contribution in [0, 0.1) is 11.3 Å². The van der Waals surface area contributed by atoms with E-state index in [2.05, 4.69) is 18.0 Å². The monoisotopic (exact) mass is 215 g/mol. The van der Waals surface area contributed by atoms with E-state index >= 15 is 0 Å². The molecule has 0 atom stereocenters. The summed E-state index contributed by atoms with van der Waals surface area (Å²) in [6.07, 6.45) is 5.05. The van der Waals surface area contributed by atoms with Crippen LogP contribution in [0.25, 0.3) is 0 Å². The molecule has 1 saturated carbocycles. The van der Waals surface area contributed by atoms with Crippen molar-refractivity contribution in [3.63, 3.8) is 0 Å².